The van der Waals surface area contributed by atoms with E-state index in [2.05, 4.69) is 31.4 Å². The van der Waals surface area contributed by atoms with Gasteiger partial charge < -0.3 is 9.67 Å². The van der Waals surface area contributed by atoms with Crippen LogP contribution in [0.4, 0.5) is 0 Å². The molecule has 0 aliphatic rings. The third-order valence-corrected chi connectivity index (χ3v) is 2.99. The number of hydrogen-bond donors (Lipinski definition) is 1. The quantitative estimate of drug-likeness (QED) is 0.881. The predicted octanol–water partition coefficient (Wildman–Crippen LogP) is 3.16. The maximum absolute atomic E-state index is 10.9. The smallest absolute Gasteiger partial charge is 0.309 e. The van der Waals surface area contributed by atoms with Crippen LogP contribution >= 0.6 is 0 Å². The molecule has 2 rings (SSSR count). The van der Waals surface area contributed by atoms with Crippen molar-refractivity contribution < 1.29 is 9.90 Å². The molecule has 0 amide bonds. The Morgan fingerprint density at radius 3 is 2.71 bits per heavy atom. The highest BCUT2D eigenvalue weighted by molar-refractivity contribution is 5.86. The van der Waals surface area contributed by atoms with Gasteiger partial charge in [-0.1, -0.05) is 18.2 Å². The largest absolute Gasteiger partial charge is 0.481 e. The SMILES string of the molecule is Cc1cccc2cc(CC(=O)O)n(C(C)C)c12. The Hall–Kier alpha value is -1.77. The summed E-state index contributed by atoms with van der Waals surface area (Å²) in [6, 6.07) is 8.35. The molecule has 90 valence electrons. The van der Waals surface area contributed by atoms with Crippen molar-refractivity contribution in [2.75, 3.05) is 0 Å². The molecule has 3 nitrogen and oxygen atoms in total. The number of carboxylic acid groups (broad SMARTS) is 1. The van der Waals surface area contributed by atoms with Crippen LogP contribution in [0.5, 0.6) is 0 Å². The lowest BCUT2D eigenvalue weighted by Crippen LogP contribution is -2.10. The zero-order valence-corrected chi connectivity index (χ0v) is 10.4. The Bertz CT molecular complexity index is 567. The normalized spacial score (nSPS) is 11.3. The second-order valence-electron chi connectivity index (χ2n) is 4.68. The van der Waals surface area contributed by atoms with Gasteiger partial charge in [0.25, 0.3) is 0 Å². The minimum absolute atomic E-state index is 0.0757. The number of aryl methyl sites for hydroxylation is 1. The Kier molecular flexibility index (Phi) is 2.92. The number of carboxylic acids is 1. The molecule has 3 heteroatoms. The molecule has 0 aliphatic heterocycles. The van der Waals surface area contributed by atoms with Crippen molar-refractivity contribution in [3.05, 3.63) is 35.5 Å². The van der Waals surface area contributed by atoms with E-state index >= 15 is 0 Å². The monoisotopic (exact) mass is 231 g/mol. The van der Waals surface area contributed by atoms with E-state index < -0.39 is 5.97 Å². The van der Waals surface area contributed by atoms with Gasteiger partial charge in [0.15, 0.2) is 0 Å². The van der Waals surface area contributed by atoms with Crippen LogP contribution in [0.15, 0.2) is 24.3 Å². The van der Waals surface area contributed by atoms with Crippen LogP contribution in [0.2, 0.25) is 0 Å². The van der Waals surface area contributed by atoms with E-state index in [0.29, 0.717) is 0 Å². The van der Waals surface area contributed by atoms with Gasteiger partial charge in [-0.2, -0.15) is 0 Å². The summed E-state index contributed by atoms with van der Waals surface area (Å²) in [5, 5.41) is 10.1. The summed E-state index contributed by atoms with van der Waals surface area (Å²) in [5.74, 6) is -0.785. The van der Waals surface area contributed by atoms with E-state index in [9.17, 15) is 4.79 Å². The van der Waals surface area contributed by atoms with E-state index in [0.717, 1.165) is 16.6 Å². The minimum Gasteiger partial charge on any atom is -0.481 e. The fourth-order valence-corrected chi connectivity index (χ4v) is 2.40. The number of carbonyl (C=O) groups is 1. The number of para-hydroxylation sites is 1. The Labute approximate surface area is 101 Å². The van der Waals surface area contributed by atoms with Gasteiger partial charge in [0.2, 0.25) is 0 Å². The summed E-state index contributed by atoms with van der Waals surface area (Å²) < 4.78 is 2.12. The van der Waals surface area contributed by atoms with Gasteiger partial charge in [-0.3, -0.25) is 4.79 Å². The first kappa shape index (κ1) is 11.7. The highest BCUT2D eigenvalue weighted by atomic mass is 16.4. The molecule has 0 saturated carbocycles. The van der Waals surface area contributed by atoms with Crippen molar-refractivity contribution in [1.29, 1.82) is 0 Å². The standard InChI is InChI=1S/C14H17NO2/c1-9(2)15-12(8-13(16)17)7-11-6-4-5-10(3)14(11)15/h4-7,9H,8H2,1-3H3,(H,16,17). The van der Waals surface area contributed by atoms with E-state index in [4.69, 9.17) is 5.11 Å². The van der Waals surface area contributed by atoms with E-state index in [-0.39, 0.29) is 12.5 Å². The molecule has 1 N–H and O–H groups in total. The lowest BCUT2D eigenvalue weighted by molar-refractivity contribution is -0.136. The predicted molar refractivity (Wildman–Crippen MR) is 68.4 cm³/mol. The zero-order valence-electron chi connectivity index (χ0n) is 10.4. The maximum atomic E-state index is 10.9. The van der Waals surface area contributed by atoms with Crippen molar-refractivity contribution >= 4 is 16.9 Å². The van der Waals surface area contributed by atoms with Crippen LogP contribution in [0.25, 0.3) is 10.9 Å². The molecular formula is C14H17NO2. The van der Waals surface area contributed by atoms with Crippen molar-refractivity contribution in [2.45, 2.75) is 33.2 Å². The number of hydrogen-bond acceptors (Lipinski definition) is 1. The lowest BCUT2D eigenvalue weighted by atomic mass is 10.1. The molecule has 1 aromatic carbocycles. The highest BCUT2D eigenvalue weighted by Gasteiger charge is 2.14. The van der Waals surface area contributed by atoms with Crippen LogP contribution in [-0.4, -0.2) is 15.6 Å². The third kappa shape index (κ3) is 2.05. The van der Waals surface area contributed by atoms with Gasteiger partial charge in [-0.25, -0.2) is 0 Å². The molecule has 0 spiro atoms. The van der Waals surface area contributed by atoms with Gasteiger partial charge in [0, 0.05) is 17.1 Å². The molecule has 1 heterocycles. The second-order valence-corrected chi connectivity index (χ2v) is 4.68. The topological polar surface area (TPSA) is 42.2 Å². The third-order valence-electron chi connectivity index (χ3n) is 2.99. The molecule has 0 unspecified atom stereocenters. The second kappa shape index (κ2) is 4.24. The summed E-state index contributed by atoms with van der Waals surface area (Å²) in [7, 11) is 0. The lowest BCUT2D eigenvalue weighted by Gasteiger charge is -2.15. The van der Waals surface area contributed by atoms with Crippen LogP contribution in [0.1, 0.15) is 31.1 Å². The molecule has 17 heavy (non-hydrogen) atoms. The number of benzene rings is 1. The Balaban J connectivity index is 2.71. The van der Waals surface area contributed by atoms with Crippen LogP contribution in [0, 0.1) is 6.92 Å². The van der Waals surface area contributed by atoms with Crippen molar-refractivity contribution in [2.24, 2.45) is 0 Å². The first-order chi connectivity index (χ1) is 8.00. The summed E-state index contributed by atoms with van der Waals surface area (Å²) >= 11 is 0. The number of aromatic nitrogens is 1. The Morgan fingerprint density at radius 2 is 2.12 bits per heavy atom. The van der Waals surface area contributed by atoms with Crippen molar-refractivity contribution in [3.63, 3.8) is 0 Å². The van der Waals surface area contributed by atoms with Gasteiger partial charge >= 0.3 is 5.97 Å². The zero-order chi connectivity index (χ0) is 12.6. The van der Waals surface area contributed by atoms with E-state index in [1.807, 2.05) is 18.2 Å². The minimum atomic E-state index is -0.785. The summed E-state index contributed by atoms with van der Waals surface area (Å²) in [6.07, 6.45) is 0.0757. The molecule has 0 saturated heterocycles. The number of nitrogens with zero attached hydrogens (tertiary/aromatic N) is 1. The van der Waals surface area contributed by atoms with Gasteiger partial charge in [0.1, 0.15) is 0 Å². The summed E-state index contributed by atoms with van der Waals surface area (Å²) in [6.45, 7) is 6.22. The molecular weight excluding hydrogens is 214 g/mol. The van der Waals surface area contributed by atoms with Crippen LogP contribution in [0.3, 0.4) is 0 Å². The van der Waals surface area contributed by atoms with Gasteiger partial charge in [-0.15, -0.1) is 0 Å². The summed E-state index contributed by atoms with van der Waals surface area (Å²) in [4.78, 5) is 10.9. The fraction of sp³-hybridized carbons (Fsp3) is 0.357. The maximum Gasteiger partial charge on any atom is 0.309 e. The van der Waals surface area contributed by atoms with Crippen molar-refractivity contribution in [1.82, 2.24) is 4.57 Å². The van der Waals surface area contributed by atoms with Crippen LogP contribution < -0.4 is 0 Å². The molecule has 0 radical (unpaired) electrons. The first-order valence-electron chi connectivity index (χ1n) is 5.82. The van der Waals surface area contributed by atoms with E-state index in [1.54, 1.807) is 0 Å². The first-order valence-corrected chi connectivity index (χ1v) is 5.82. The fourth-order valence-electron chi connectivity index (χ4n) is 2.40. The van der Waals surface area contributed by atoms with E-state index in [1.165, 1.54) is 5.56 Å². The number of rotatable bonds is 3. The van der Waals surface area contributed by atoms with Crippen molar-refractivity contribution in [3.8, 4) is 0 Å². The summed E-state index contributed by atoms with van der Waals surface area (Å²) in [5.41, 5.74) is 3.21. The molecule has 0 aliphatic carbocycles. The average Bonchev–Trinajstić information content (AvgIpc) is 2.56. The van der Waals surface area contributed by atoms with Crippen LogP contribution in [-0.2, 0) is 11.2 Å². The molecule has 2 aromatic rings. The number of aliphatic carboxylic acids is 1. The Morgan fingerprint density at radius 1 is 1.41 bits per heavy atom. The molecule has 0 bridgehead atoms. The molecule has 1 aromatic heterocycles. The average molecular weight is 231 g/mol. The molecule has 0 atom stereocenters. The van der Waals surface area contributed by atoms with Gasteiger partial charge in [0.05, 0.1) is 11.9 Å². The highest BCUT2D eigenvalue weighted by Crippen LogP contribution is 2.27. The molecule has 0 fully saturated rings. The number of fused-ring (bicyclic) bond motifs is 1. The van der Waals surface area contributed by atoms with Gasteiger partial charge in [-0.05, 0) is 32.4 Å².